The van der Waals surface area contributed by atoms with Crippen molar-refractivity contribution in [3.63, 3.8) is 0 Å². The fraction of sp³-hybridized carbons (Fsp3) is 0.357. The van der Waals surface area contributed by atoms with Gasteiger partial charge in [-0.25, -0.2) is 4.98 Å². The van der Waals surface area contributed by atoms with Gasteiger partial charge >= 0.3 is 0 Å². The molecule has 0 atom stereocenters. The molecule has 0 spiro atoms. The van der Waals surface area contributed by atoms with E-state index in [9.17, 15) is 0 Å². The van der Waals surface area contributed by atoms with Gasteiger partial charge in [0.2, 0.25) is 5.89 Å². The lowest BCUT2D eigenvalue weighted by atomic mass is 10.2. The number of hydrogen-bond donors (Lipinski definition) is 0. The molecule has 0 unspecified atom stereocenters. The van der Waals surface area contributed by atoms with Crippen LogP contribution in [0.4, 0.5) is 0 Å². The summed E-state index contributed by atoms with van der Waals surface area (Å²) in [4.78, 5) is 8.91. The van der Waals surface area contributed by atoms with Crippen molar-refractivity contribution >= 4 is 22.6 Å². The highest BCUT2D eigenvalue weighted by Gasteiger charge is 2.13. The molecule has 0 aliphatic carbocycles. The van der Waals surface area contributed by atoms with E-state index in [2.05, 4.69) is 44.8 Å². The molecule has 2 aromatic heterocycles. The number of hydrogen-bond acceptors (Lipinski definition) is 4. The summed E-state index contributed by atoms with van der Waals surface area (Å²) in [6.07, 6.45) is 0.714. The SMILES string of the molecule is Cc1ccc2c(c1)nc(CCCl)n2Cc1noc(C)n1. The van der Waals surface area contributed by atoms with E-state index < -0.39 is 0 Å². The van der Waals surface area contributed by atoms with E-state index in [0.29, 0.717) is 30.6 Å². The molecule has 1 aromatic carbocycles. The third-order valence-electron chi connectivity index (χ3n) is 3.17. The molecule has 0 aliphatic heterocycles. The van der Waals surface area contributed by atoms with Crippen LogP contribution in [0.1, 0.15) is 23.1 Å². The highest BCUT2D eigenvalue weighted by atomic mass is 35.5. The van der Waals surface area contributed by atoms with E-state index >= 15 is 0 Å². The van der Waals surface area contributed by atoms with Crippen molar-refractivity contribution in [1.29, 1.82) is 0 Å². The number of halogens is 1. The van der Waals surface area contributed by atoms with Crippen LogP contribution < -0.4 is 0 Å². The zero-order chi connectivity index (χ0) is 14.1. The van der Waals surface area contributed by atoms with E-state index in [0.717, 1.165) is 16.9 Å². The number of nitrogens with zero attached hydrogens (tertiary/aromatic N) is 4. The van der Waals surface area contributed by atoms with Crippen molar-refractivity contribution in [2.24, 2.45) is 0 Å². The molecule has 0 radical (unpaired) electrons. The Bertz CT molecular complexity index is 747. The van der Waals surface area contributed by atoms with Crippen LogP contribution in [0, 0.1) is 13.8 Å². The molecule has 0 aliphatic rings. The Morgan fingerprint density at radius 3 is 2.80 bits per heavy atom. The van der Waals surface area contributed by atoms with Gasteiger partial charge in [-0.2, -0.15) is 4.98 Å². The Morgan fingerprint density at radius 2 is 2.10 bits per heavy atom. The van der Waals surface area contributed by atoms with Gasteiger partial charge in [0.15, 0.2) is 5.82 Å². The van der Waals surface area contributed by atoms with Crippen molar-refractivity contribution in [2.45, 2.75) is 26.8 Å². The summed E-state index contributed by atoms with van der Waals surface area (Å²) in [5.74, 6) is 2.70. The van der Waals surface area contributed by atoms with Gasteiger partial charge < -0.3 is 9.09 Å². The molecule has 20 heavy (non-hydrogen) atoms. The number of fused-ring (bicyclic) bond motifs is 1. The van der Waals surface area contributed by atoms with E-state index in [4.69, 9.17) is 16.1 Å². The van der Waals surface area contributed by atoms with Gasteiger partial charge in [0.25, 0.3) is 0 Å². The minimum Gasteiger partial charge on any atom is -0.340 e. The molecular formula is C14H15ClN4O. The maximum absolute atomic E-state index is 5.87. The molecule has 5 nitrogen and oxygen atoms in total. The van der Waals surface area contributed by atoms with Crippen LogP contribution in [0.5, 0.6) is 0 Å². The number of imidazole rings is 1. The molecule has 0 saturated carbocycles. The van der Waals surface area contributed by atoms with Gasteiger partial charge in [-0.1, -0.05) is 11.2 Å². The average Bonchev–Trinajstić information content (AvgIpc) is 2.95. The second-order valence-electron chi connectivity index (χ2n) is 4.77. The monoisotopic (exact) mass is 290 g/mol. The molecule has 0 fully saturated rings. The molecule has 0 N–H and O–H groups in total. The number of benzene rings is 1. The first kappa shape index (κ1) is 13.1. The molecule has 0 amide bonds. The topological polar surface area (TPSA) is 56.7 Å². The second-order valence-corrected chi connectivity index (χ2v) is 5.15. The summed E-state index contributed by atoms with van der Waals surface area (Å²) in [6, 6.07) is 6.22. The number of rotatable bonds is 4. The summed E-state index contributed by atoms with van der Waals surface area (Å²) < 4.78 is 7.12. The van der Waals surface area contributed by atoms with Gasteiger partial charge in [-0.15, -0.1) is 11.6 Å². The highest BCUT2D eigenvalue weighted by Crippen LogP contribution is 2.19. The molecule has 3 rings (SSSR count). The van der Waals surface area contributed by atoms with Gasteiger partial charge in [-0.3, -0.25) is 0 Å². The number of aromatic nitrogens is 4. The first-order valence-corrected chi connectivity index (χ1v) is 7.02. The quantitative estimate of drug-likeness (QED) is 0.693. The Hall–Kier alpha value is -1.88. The van der Waals surface area contributed by atoms with Crippen LogP contribution in [0.3, 0.4) is 0 Å². The van der Waals surface area contributed by atoms with Gasteiger partial charge in [0.1, 0.15) is 5.82 Å². The number of aryl methyl sites for hydroxylation is 3. The molecule has 0 bridgehead atoms. The van der Waals surface area contributed by atoms with Crippen molar-refractivity contribution in [2.75, 3.05) is 5.88 Å². The number of alkyl halides is 1. The van der Waals surface area contributed by atoms with E-state index in [1.807, 2.05) is 0 Å². The lowest BCUT2D eigenvalue weighted by Gasteiger charge is -2.05. The summed E-state index contributed by atoms with van der Waals surface area (Å²) in [7, 11) is 0. The standard InChI is InChI=1S/C14H15ClN4O/c1-9-3-4-12-11(7-9)17-14(5-6-15)19(12)8-13-16-10(2)20-18-13/h3-4,7H,5-6,8H2,1-2H3. The molecule has 3 aromatic rings. The van der Waals surface area contributed by atoms with E-state index in [1.165, 1.54) is 5.56 Å². The maximum Gasteiger partial charge on any atom is 0.223 e. The lowest BCUT2D eigenvalue weighted by Crippen LogP contribution is -2.07. The van der Waals surface area contributed by atoms with Gasteiger partial charge in [0, 0.05) is 19.2 Å². The molecule has 104 valence electrons. The first-order chi connectivity index (χ1) is 9.67. The Balaban J connectivity index is 2.08. The van der Waals surface area contributed by atoms with Gasteiger partial charge in [0.05, 0.1) is 17.6 Å². The van der Waals surface area contributed by atoms with Crippen LogP contribution in [0.2, 0.25) is 0 Å². The van der Waals surface area contributed by atoms with Crippen LogP contribution in [0.15, 0.2) is 22.7 Å². The third kappa shape index (κ3) is 2.41. The molecular weight excluding hydrogens is 276 g/mol. The highest BCUT2D eigenvalue weighted by molar-refractivity contribution is 6.17. The lowest BCUT2D eigenvalue weighted by molar-refractivity contribution is 0.386. The predicted molar refractivity (Wildman–Crippen MR) is 77.0 cm³/mol. The maximum atomic E-state index is 5.87. The average molecular weight is 291 g/mol. The fourth-order valence-corrected chi connectivity index (χ4v) is 2.46. The minimum atomic E-state index is 0.535. The summed E-state index contributed by atoms with van der Waals surface area (Å²) in [6.45, 7) is 4.39. The summed E-state index contributed by atoms with van der Waals surface area (Å²) in [5.41, 5.74) is 3.23. The predicted octanol–water partition coefficient (Wildman–Crippen LogP) is 2.87. The summed E-state index contributed by atoms with van der Waals surface area (Å²) in [5, 5.41) is 3.95. The fourth-order valence-electron chi connectivity index (χ4n) is 2.29. The summed E-state index contributed by atoms with van der Waals surface area (Å²) >= 11 is 5.87. The largest absolute Gasteiger partial charge is 0.340 e. The van der Waals surface area contributed by atoms with Crippen molar-refractivity contribution < 1.29 is 4.52 Å². The Kier molecular flexibility index (Phi) is 3.44. The van der Waals surface area contributed by atoms with Crippen molar-refractivity contribution in [1.82, 2.24) is 19.7 Å². The zero-order valence-corrected chi connectivity index (χ0v) is 12.2. The minimum absolute atomic E-state index is 0.535. The van der Waals surface area contributed by atoms with E-state index in [-0.39, 0.29) is 0 Å². The van der Waals surface area contributed by atoms with Gasteiger partial charge in [-0.05, 0) is 24.6 Å². The molecule has 2 heterocycles. The molecule has 6 heteroatoms. The van der Waals surface area contributed by atoms with Crippen molar-refractivity contribution in [3.05, 3.63) is 41.3 Å². The Morgan fingerprint density at radius 1 is 1.25 bits per heavy atom. The molecule has 0 saturated heterocycles. The smallest absolute Gasteiger partial charge is 0.223 e. The van der Waals surface area contributed by atoms with Crippen LogP contribution in [0.25, 0.3) is 11.0 Å². The van der Waals surface area contributed by atoms with Crippen molar-refractivity contribution in [3.8, 4) is 0 Å². The zero-order valence-electron chi connectivity index (χ0n) is 11.4. The van der Waals surface area contributed by atoms with Crippen LogP contribution in [-0.4, -0.2) is 25.6 Å². The second kappa shape index (κ2) is 5.25. The third-order valence-corrected chi connectivity index (χ3v) is 3.36. The first-order valence-electron chi connectivity index (χ1n) is 6.48. The Labute approximate surface area is 121 Å². The van der Waals surface area contributed by atoms with Crippen LogP contribution in [-0.2, 0) is 13.0 Å². The van der Waals surface area contributed by atoms with Crippen LogP contribution >= 0.6 is 11.6 Å². The normalized spacial score (nSPS) is 11.3. The van der Waals surface area contributed by atoms with E-state index in [1.54, 1.807) is 6.92 Å².